The van der Waals surface area contributed by atoms with E-state index in [1.807, 2.05) is 24.5 Å². The van der Waals surface area contributed by atoms with Crippen LogP contribution in [0.5, 0.6) is 17.2 Å². The number of carbonyl (C=O) groups is 1. The Labute approximate surface area is 158 Å². The van der Waals surface area contributed by atoms with E-state index in [1.54, 1.807) is 12.1 Å². The lowest BCUT2D eigenvalue weighted by Crippen LogP contribution is -2.06. The summed E-state index contributed by atoms with van der Waals surface area (Å²) in [5.74, 6) is -0.133. The summed E-state index contributed by atoms with van der Waals surface area (Å²) in [4.78, 5) is 12.9. The Hall–Kier alpha value is -3.46. The number of phenolic OH excluding ortho intramolecular Hbond substituents is 1. The van der Waals surface area contributed by atoms with Crippen molar-refractivity contribution in [2.75, 3.05) is 14.2 Å². The highest BCUT2D eigenvalue weighted by Crippen LogP contribution is 2.37. The predicted molar refractivity (Wildman–Crippen MR) is 103 cm³/mol. The molecule has 1 heterocycles. The zero-order valence-electron chi connectivity index (χ0n) is 15.9. The molecule has 0 saturated carbocycles. The van der Waals surface area contributed by atoms with Gasteiger partial charge in [-0.3, -0.25) is 4.79 Å². The van der Waals surface area contributed by atoms with Crippen LogP contribution in [-0.2, 0) is 6.54 Å². The summed E-state index contributed by atoms with van der Waals surface area (Å²) in [5, 5.41) is 19.5. The number of nitriles is 1. The molecule has 0 aliphatic carbocycles. The van der Waals surface area contributed by atoms with Crippen molar-refractivity contribution >= 4 is 11.9 Å². The molecule has 0 radical (unpaired) electrons. The quantitative estimate of drug-likeness (QED) is 0.349. The van der Waals surface area contributed by atoms with Crippen LogP contribution >= 0.6 is 0 Å². The van der Waals surface area contributed by atoms with Crippen LogP contribution in [0.2, 0.25) is 0 Å². The Morgan fingerprint density at radius 2 is 1.85 bits per heavy atom. The number of benzene rings is 1. The molecular weight excluding hydrogens is 344 g/mol. The topological polar surface area (TPSA) is 84.5 Å². The number of methoxy groups -OCH3 is 2. The monoisotopic (exact) mass is 366 g/mol. The van der Waals surface area contributed by atoms with Gasteiger partial charge in [0.25, 0.3) is 0 Å². The standard InChI is InChI=1S/C21H22N2O4/c1-6-7-23-13(2)8-17(14(23)3)20(24)16(12-22)9-15-10-18(26-4)21(25)19(11-15)27-5/h6,8-11,25H,1,7H2,2-5H3/b16-9+. The van der Waals surface area contributed by atoms with Crippen molar-refractivity contribution in [3.05, 3.63) is 58.9 Å². The van der Waals surface area contributed by atoms with Crippen LogP contribution in [0.1, 0.15) is 27.3 Å². The van der Waals surface area contributed by atoms with E-state index in [2.05, 4.69) is 6.58 Å². The van der Waals surface area contributed by atoms with Crippen LogP contribution in [0, 0.1) is 25.2 Å². The van der Waals surface area contributed by atoms with Crippen molar-refractivity contribution in [3.63, 3.8) is 0 Å². The zero-order valence-corrected chi connectivity index (χ0v) is 15.9. The first kappa shape index (κ1) is 19.9. The van der Waals surface area contributed by atoms with E-state index in [9.17, 15) is 15.2 Å². The van der Waals surface area contributed by atoms with Gasteiger partial charge in [-0.15, -0.1) is 6.58 Å². The minimum absolute atomic E-state index is 0.0244. The largest absolute Gasteiger partial charge is 0.502 e. The SMILES string of the molecule is C=CCn1c(C)cc(C(=O)/C(C#N)=C/c2cc(OC)c(O)c(OC)c2)c1C. The van der Waals surface area contributed by atoms with Gasteiger partial charge in [0.15, 0.2) is 11.5 Å². The number of ether oxygens (including phenoxy) is 2. The minimum atomic E-state index is -0.369. The molecule has 2 aromatic rings. The van der Waals surface area contributed by atoms with Crippen LogP contribution in [0.3, 0.4) is 0 Å². The lowest BCUT2D eigenvalue weighted by atomic mass is 10.0. The number of aromatic hydroxyl groups is 1. The number of carbonyl (C=O) groups excluding carboxylic acids is 1. The Morgan fingerprint density at radius 1 is 1.26 bits per heavy atom. The van der Waals surface area contributed by atoms with Gasteiger partial charge in [-0.2, -0.15) is 5.26 Å². The number of phenols is 1. The van der Waals surface area contributed by atoms with E-state index in [0.717, 1.165) is 11.4 Å². The van der Waals surface area contributed by atoms with Gasteiger partial charge >= 0.3 is 0 Å². The van der Waals surface area contributed by atoms with Gasteiger partial charge in [0.1, 0.15) is 11.6 Å². The van der Waals surface area contributed by atoms with E-state index >= 15 is 0 Å². The minimum Gasteiger partial charge on any atom is -0.502 e. The molecule has 0 bridgehead atoms. The van der Waals surface area contributed by atoms with Crippen LogP contribution in [-0.4, -0.2) is 29.7 Å². The van der Waals surface area contributed by atoms with Crippen LogP contribution in [0.15, 0.2) is 36.4 Å². The molecule has 1 N–H and O–H groups in total. The van der Waals surface area contributed by atoms with E-state index in [-0.39, 0.29) is 28.6 Å². The normalized spacial score (nSPS) is 11.0. The Bertz CT molecular complexity index is 936. The first-order valence-corrected chi connectivity index (χ1v) is 8.27. The van der Waals surface area contributed by atoms with E-state index in [4.69, 9.17) is 9.47 Å². The van der Waals surface area contributed by atoms with E-state index in [0.29, 0.717) is 17.7 Å². The zero-order chi connectivity index (χ0) is 20.1. The summed E-state index contributed by atoms with van der Waals surface area (Å²) in [7, 11) is 2.82. The van der Waals surface area contributed by atoms with Gasteiger partial charge < -0.3 is 19.1 Å². The number of rotatable bonds is 7. The third kappa shape index (κ3) is 3.87. The lowest BCUT2D eigenvalue weighted by molar-refractivity contribution is 0.103. The van der Waals surface area contributed by atoms with Gasteiger partial charge in [0.2, 0.25) is 11.5 Å². The second kappa shape index (κ2) is 8.28. The van der Waals surface area contributed by atoms with Crippen molar-refractivity contribution in [3.8, 4) is 23.3 Å². The molecule has 0 atom stereocenters. The highest BCUT2D eigenvalue weighted by molar-refractivity contribution is 6.14. The first-order chi connectivity index (χ1) is 12.9. The third-order valence-corrected chi connectivity index (χ3v) is 4.31. The summed E-state index contributed by atoms with van der Waals surface area (Å²) < 4.78 is 12.2. The smallest absolute Gasteiger partial charge is 0.205 e. The number of Topliss-reactive ketones (excluding diaryl/α,β-unsaturated/α-hetero) is 1. The molecule has 140 valence electrons. The highest BCUT2D eigenvalue weighted by atomic mass is 16.5. The van der Waals surface area contributed by atoms with E-state index < -0.39 is 0 Å². The maximum Gasteiger partial charge on any atom is 0.205 e. The Kier molecular flexibility index (Phi) is 6.09. The van der Waals surface area contributed by atoms with E-state index in [1.165, 1.54) is 32.4 Å². The molecule has 0 saturated heterocycles. The number of hydrogen-bond donors (Lipinski definition) is 1. The summed E-state index contributed by atoms with van der Waals surface area (Å²) >= 11 is 0. The van der Waals surface area contributed by atoms with Crippen molar-refractivity contribution in [2.24, 2.45) is 0 Å². The molecule has 0 aliphatic rings. The average Bonchev–Trinajstić information content (AvgIpc) is 2.95. The molecule has 0 spiro atoms. The first-order valence-electron chi connectivity index (χ1n) is 8.27. The maximum absolute atomic E-state index is 12.9. The highest BCUT2D eigenvalue weighted by Gasteiger charge is 2.19. The molecule has 0 aliphatic heterocycles. The lowest BCUT2D eigenvalue weighted by Gasteiger charge is -2.10. The maximum atomic E-state index is 12.9. The van der Waals surface area contributed by atoms with Crippen molar-refractivity contribution in [1.29, 1.82) is 5.26 Å². The van der Waals surface area contributed by atoms with Gasteiger partial charge in [-0.1, -0.05) is 6.08 Å². The molecule has 1 aromatic carbocycles. The predicted octanol–water partition coefficient (Wildman–Crippen LogP) is 3.80. The van der Waals surface area contributed by atoms with Crippen LogP contribution in [0.25, 0.3) is 6.08 Å². The number of nitrogens with zero attached hydrogens (tertiary/aromatic N) is 2. The number of hydrogen-bond acceptors (Lipinski definition) is 5. The fraction of sp³-hybridized carbons (Fsp3) is 0.238. The van der Waals surface area contributed by atoms with Gasteiger partial charge in [0, 0.05) is 23.5 Å². The van der Waals surface area contributed by atoms with Crippen molar-refractivity contribution in [2.45, 2.75) is 20.4 Å². The molecule has 27 heavy (non-hydrogen) atoms. The number of ketones is 1. The molecule has 2 rings (SSSR count). The molecular formula is C21H22N2O4. The summed E-state index contributed by atoms with van der Waals surface area (Å²) in [6, 6.07) is 6.79. The number of aromatic nitrogens is 1. The van der Waals surface area contributed by atoms with Gasteiger partial charge in [-0.25, -0.2) is 0 Å². The Balaban J connectivity index is 2.51. The number of aryl methyl sites for hydroxylation is 1. The number of allylic oxidation sites excluding steroid dienone is 2. The molecule has 6 heteroatoms. The molecule has 1 aromatic heterocycles. The summed E-state index contributed by atoms with van der Waals surface area (Å²) in [6.45, 7) is 8.05. The Morgan fingerprint density at radius 3 is 2.33 bits per heavy atom. The molecule has 0 fully saturated rings. The van der Waals surface area contributed by atoms with Crippen molar-refractivity contribution < 1.29 is 19.4 Å². The second-order valence-electron chi connectivity index (χ2n) is 5.96. The molecule has 0 amide bonds. The van der Waals surface area contributed by atoms with Crippen LogP contribution in [0.4, 0.5) is 0 Å². The average molecular weight is 366 g/mol. The van der Waals surface area contributed by atoms with Crippen molar-refractivity contribution in [1.82, 2.24) is 4.57 Å². The van der Waals surface area contributed by atoms with Gasteiger partial charge in [0.05, 0.1) is 14.2 Å². The molecule has 0 unspecified atom stereocenters. The third-order valence-electron chi connectivity index (χ3n) is 4.31. The molecule has 6 nitrogen and oxygen atoms in total. The fourth-order valence-corrected chi connectivity index (χ4v) is 2.90. The second-order valence-corrected chi connectivity index (χ2v) is 5.96. The van der Waals surface area contributed by atoms with Gasteiger partial charge in [-0.05, 0) is 43.7 Å². The van der Waals surface area contributed by atoms with Crippen LogP contribution < -0.4 is 9.47 Å². The summed E-state index contributed by atoms with van der Waals surface area (Å²) in [6.07, 6.45) is 3.21. The summed E-state index contributed by atoms with van der Waals surface area (Å²) in [5.41, 5.74) is 2.65. The fourth-order valence-electron chi connectivity index (χ4n) is 2.90.